The number of nitriles is 1. The molecule has 1 heterocycles. The van der Waals surface area contributed by atoms with Gasteiger partial charge in [0.2, 0.25) is 5.91 Å². The first kappa shape index (κ1) is 15.0. The van der Waals surface area contributed by atoms with Crippen molar-refractivity contribution >= 4 is 5.91 Å². The number of nitrogens with one attached hydrogen (secondary N) is 1. The van der Waals surface area contributed by atoms with Crippen LogP contribution in [0.4, 0.5) is 0 Å². The van der Waals surface area contributed by atoms with Crippen LogP contribution >= 0.6 is 0 Å². The van der Waals surface area contributed by atoms with Crippen molar-refractivity contribution in [2.75, 3.05) is 32.7 Å². The monoisotopic (exact) mass is 298 g/mol. The van der Waals surface area contributed by atoms with E-state index in [2.05, 4.69) is 27.3 Å². The number of hydrogen-bond acceptors (Lipinski definition) is 4. The summed E-state index contributed by atoms with van der Waals surface area (Å²) in [5.41, 5.74) is 1.90. The van der Waals surface area contributed by atoms with Gasteiger partial charge in [-0.15, -0.1) is 0 Å². The van der Waals surface area contributed by atoms with Crippen LogP contribution in [0.2, 0.25) is 0 Å². The van der Waals surface area contributed by atoms with Gasteiger partial charge in [-0.1, -0.05) is 12.1 Å². The summed E-state index contributed by atoms with van der Waals surface area (Å²) in [6.45, 7) is 5.18. The third-order valence-corrected chi connectivity index (χ3v) is 4.24. The van der Waals surface area contributed by atoms with Gasteiger partial charge in [-0.05, 0) is 30.5 Å². The highest BCUT2D eigenvalue weighted by molar-refractivity contribution is 5.78. The molecule has 1 saturated carbocycles. The molecule has 0 atom stereocenters. The maximum absolute atomic E-state index is 11.8. The molecule has 5 nitrogen and oxygen atoms in total. The number of hydrogen-bond donors (Lipinski definition) is 1. The van der Waals surface area contributed by atoms with Gasteiger partial charge in [-0.2, -0.15) is 5.26 Å². The maximum atomic E-state index is 11.8. The van der Waals surface area contributed by atoms with E-state index in [1.807, 2.05) is 18.2 Å². The highest BCUT2D eigenvalue weighted by atomic mass is 16.2. The molecule has 3 rings (SSSR count). The minimum atomic E-state index is 0.165. The Morgan fingerprint density at radius 1 is 1.23 bits per heavy atom. The molecule has 2 fully saturated rings. The standard InChI is InChI=1S/C17H22N4O/c18-11-14-2-1-3-15(10-14)12-20-6-8-21(9-7-20)13-17(22)19-16-4-5-16/h1-3,10,16H,4-9,12-13H2,(H,19,22). The Kier molecular flexibility index (Phi) is 4.71. The van der Waals surface area contributed by atoms with Crippen molar-refractivity contribution in [3.8, 4) is 6.07 Å². The van der Waals surface area contributed by atoms with E-state index in [0.29, 0.717) is 18.2 Å². The first-order valence-corrected chi connectivity index (χ1v) is 7.96. The molecule has 5 heteroatoms. The van der Waals surface area contributed by atoms with E-state index in [1.54, 1.807) is 0 Å². The minimum Gasteiger partial charge on any atom is -0.352 e. The fraction of sp³-hybridized carbons (Fsp3) is 0.529. The second-order valence-electron chi connectivity index (χ2n) is 6.21. The molecule has 1 aromatic carbocycles. The summed E-state index contributed by atoms with van der Waals surface area (Å²) in [4.78, 5) is 16.4. The molecule has 0 radical (unpaired) electrons. The van der Waals surface area contributed by atoms with Crippen LogP contribution < -0.4 is 5.32 Å². The summed E-state index contributed by atoms with van der Waals surface area (Å²) in [5.74, 6) is 0.165. The fourth-order valence-corrected chi connectivity index (χ4v) is 2.81. The largest absolute Gasteiger partial charge is 0.352 e. The average molecular weight is 298 g/mol. The lowest BCUT2D eigenvalue weighted by atomic mass is 10.1. The first-order chi connectivity index (χ1) is 10.7. The fourth-order valence-electron chi connectivity index (χ4n) is 2.81. The number of carbonyl (C=O) groups excluding carboxylic acids is 1. The van der Waals surface area contributed by atoms with Crippen molar-refractivity contribution in [2.24, 2.45) is 0 Å². The Morgan fingerprint density at radius 2 is 1.95 bits per heavy atom. The van der Waals surface area contributed by atoms with Crippen molar-refractivity contribution in [1.82, 2.24) is 15.1 Å². The number of amides is 1. The van der Waals surface area contributed by atoms with E-state index >= 15 is 0 Å². The first-order valence-electron chi connectivity index (χ1n) is 7.96. The van der Waals surface area contributed by atoms with Crippen LogP contribution in [-0.2, 0) is 11.3 Å². The average Bonchev–Trinajstić information content (AvgIpc) is 3.33. The summed E-state index contributed by atoms with van der Waals surface area (Å²) in [6.07, 6.45) is 2.28. The zero-order valence-electron chi connectivity index (χ0n) is 12.8. The van der Waals surface area contributed by atoms with Gasteiger partial charge in [0, 0.05) is 38.8 Å². The zero-order chi connectivity index (χ0) is 15.4. The number of nitrogens with zero attached hydrogens (tertiary/aromatic N) is 3. The molecule has 116 valence electrons. The lowest BCUT2D eigenvalue weighted by Crippen LogP contribution is -2.49. The minimum absolute atomic E-state index is 0.165. The SMILES string of the molecule is N#Cc1cccc(CN2CCN(CC(=O)NC3CC3)CC2)c1. The molecule has 0 bridgehead atoms. The van der Waals surface area contributed by atoms with Crippen LogP contribution in [0.25, 0.3) is 0 Å². The summed E-state index contributed by atoms with van der Waals surface area (Å²) >= 11 is 0. The van der Waals surface area contributed by atoms with E-state index in [1.165, 1.54) is 5.56 Å². The summed E-state index contributed by atoms with van der Waals surface area (Å²) in [7, 11) is 0. The Balaban J connectivity index is 1.43. The Morgan fingerprint density at radius 3 is 2.64 bits per heavy atom. The molecule has 0 aromatic heterocycles. The Bertz CT molecular complexity index is 568. The maximum Gasteiger partial charge on any atom is 0.234 e. The predicted molar refractivity (Wildman–Crippen MR) is 84.0 cm³/mol. The van der Waals surface area contributed by atoms with Crippen molar-refractivity contribution in [3.05, 3.63) is 35.4 Å². The van der Waals surface area contributed by atoms with Crippen LogP contribution in [-0.4, -0.2) is 54.5 Å². The Hall–Kier alpha value is -1.90. The molecular formula is C17H22N4O. The molecule has 1 saturated heterocycles. The number of rotatable bonds is 5. The van der Waals surface area contributed by atoms with E-state index < -0.39 is 0 Å². The second kappa shape index (κ2) is 6.91. The smallest absolute Gasteiger partial charge is 0.234 e. The molecule has 1 aromatic rings. The van der Waals surface area contributed by atoms with Crippen LogP contribution in [0.15, 0.2) is 24.3 Å². The molecule has 2 aliphatic rings. The summed E-state index contributed by atoms with van der Waals surface area (Å²) < 4.78 is 0. The lowest BCUT2D eigenvalue weighted by Gasteiger charge is -2.34. The number of carbonyl (C=O) groups is 1. The van der Waals surface area contributed by atoms with Gasteiger partial charge in [0.25, 0.3) is 0 Å². The van der Waals surface area contributed by atoms with Crippen LogP contribution in [0, 0.1) is 11.3 Å². The van der Waals surface area contributed by atoms with Gasteiger partial charge in [-0.3, -0.25) is 14.6 Å². The molecule has 0 unspecified atom stereocenters. The van der Waals surface area contributed by atoms with Crippen LogP contribution in [0.3, 0.4) is 0 Å². The molecule has 0 spiro atoms. The van der Waals surface area contributed by atoms with Crippen molar-refractivity contribution in [2.45, 2.75) is 25.4 Å². The van der Waals surface area contributed by atoms with Crippen LogP contribution in [0.5, 0.6) is 0 Å². The van der Waals surface area contributed by atoms with Gasteiger partial charge < -0.3 is 5.32 Å². The number of benzene rings is 1. The highest BCUT2D eigenvalue weighted by Crippen LogP contribution is 2.18. The third kappa shape index (κ3) is 4.30. The number of piperazine rings is 1. The van der Waals surface area contributed by atoms with Crippen LogP contribution in [0.1, 0.15) is 24.0 Å². The normalized spacial score (nSPS) is 19.6. The van der Waals surface area contributed by atoms with E-state index in [-0.39, 0.29) is 5.91 Å². The quantitative estimate of drug-likeness (QED) is 0.879. The van der Waals surface area contributed by atoms with Crippen molar-refractivity contribution in [3.63, 3.8) is 0 Å². The third-order valence-electron chi connectivity index (χ3n) is 4.24. The molecule has 22 heavy (non-hydrogen) atoms. The predicted octanol–water partition coefficient (Wildman–Crippen LogP) is 0.954. The lowest BCUT2D eigenvalue weighted by molar-refractivity contribution is -0.122. The summed E-state index contributed by atoms with van der Waals surface area (Å²) in [6, 6.07) is 10.4. The van der Waals surface area contributed by atoms with E-state index in [4.69, 9.17) is 5.26 Å². The zero-order valence-corrected chi connectivity index (χ0v) is 12.8. The van der Waals surface area contributed by atoms with E-state index in [0.717, 1.165) is 45.6 Å². The van der Waals surface area contributed by atoms with Gasteiger partial charge >= 0.3 is 0 Å². The molecule has 1 N–H and O–H groups in total. The summed E-state index contributed by atoms with van der Waals surface area (Å²) in [5, 5.41) is 12.0. The topological polar surface area (TPSA) is 59.4 Å². The molecular weight excluding hydrogens is 276 g/mol. The Labute approximate surface area is 131 Å². The second-order valence-corrected chi connectivity index (χ2v) is 6.21. The van der Waals surface area contributed by atoms with Gasteiger partial charge in [0.15, 0.2) is 0 Å². The van der Waals surface area contributed by atoms with Crippen molar-refractivity contribution in [1.29, 1.82) is 5.26 Å². The van der Waals surface area contributed by atoms with Crippen molar-refractivity contribution < 1.29 is 4.79 Å². The molecule has 1 amide bonds. The van der Waals surface area contributed by atoms with Gasteiger partial charge in [0.05, 0.1) is 18.2 Å². The molecule has 1 aliphatic carbocycles. The van der Waals surface area contributed by atoms with Gasteiger partial charge in [0.1, 0.15) is 0 Å². The van der Waals surface area contributed by atoms with E-state index in [9.17, 15) is 4.79 Å². The van der Waals surface area contributed by atoms with Gasteiger partial charge in [-0.25, -0.2) is 0 Å². The molecule has 1 aliphatic heterocycles. The highest BCUT2D eigenvalue weighted by Gasteiger charge is 2.25.